The Bertz CT molecular complexity index is 686. The van der Waals surface area contributed by atoms with Gasteiger partial charge < -0.3 is 5.11 Å². The lowest BCUT2D eigenvalue weighted by atomic mass is 9.95. The number of carboxylic acids is 1. The van der Waals surface area contributed by atoms with E-state index in [2.05, 4.69) is 0 Å². The van der Waals surface area contributed by atoms with Crippen molar-refractivity contribution in [3.63, 3.8) is 0 Å². The van der Waals surface area contributed by atoms with E-state index in [1.54, 1.807) is 19.9 Å². The average Bonchev–Trinajstić information content (AvgIpc) is 2.35. The van der Waals surface area contributed by atoms with Gasteiger partial charge in [0, 0.05) is 0 Å². The van der Waals surface area contributed by atoms with E-state index in [4.69, 9.17) is 5.11 Å². The molecule has 0 saturated carbocycles. The summed E-state index contributed by atoms with van der Waals surface area (Å²) in [7, 11) is 0. The van der Waals surface area contributed by atoms with Crippen LogP contribution in [-0.4, -0.2) is 11.1 Å². The first-order valence-electron chi connectivity index (χ1n) is 5.80. The summed E-state index contributed by atoms with van der Waals surface area (Å²) in [5.41, 5.74) is 1.68. The third-order valence-electron chi connectivity index (χ3n) is 3.10. The van der Waals surface area contributed by atoms with Crippen molar-refractivity contribution in [2.24, 2.45) is 0 Å². The molecule has 0 aromatic heterocycles. The Balaban J connectivity index is 2.69. The molecule has 1 N–H and O–H groups in total. The Hall–Kier alpha value is -2.30. The SMILES string of the molecule is Cc1cc(C)c(-c2cc(F)c(F)c(F)c2)cc1C(=O)O. The highest BCUT2D eigenvalue weighted by Gasteiger charge is 2.16. The number of aryl methyl sites for hydroxylation is 2. The van der Waals surface area contributed by atoms with Gasteiger partial charge in [-0.2, -0.15) is 0 Å². The van der Waals surface area contributed by atoms with Crippen LogP contribution in [0.5, 0.6) is 0 Å². The molecule has 0 radical (unpaired) electrons. The first-order chi connectivity index (χ1) is 9.31. The van der Waals surface area contributed by atoms with Crippen molar-refractivity contribution in [2.45, 2.75) is 13.8 Å². The number of aromatic carboxylic acids is 1. The summed E-state index contributed by atoms with van der Waals surface area (Å²) in [5, 5.41) is 9.07. The molecule has 104 valence electrons. The lowest BCUT2D eigenvalue weighted by Crippen LogP contribution is -2.02. The number of rotatable bonds is 2. The minimum atomic E-state index is -1.54. The molecule has 5 heteroatoms. The molecule has 0 fully saturated rings. The molecule has 0 spiro atoms. The molecule has 2 aromatic carbocycles. The highest BCUT2D eigenvalue weighted by molar-refractivity contribution is 5.91. The van der Waals surface area contributed by atoms with Crippen molar-refractivity contribution in [3.05, 3.63) is 58.4 Å². The minimum Gasteiger partial charge on any atom is -0.478 e. The molecule has 0 heterocycles. The molecule has 0 bridgehead atoms. The maximum atomic E-state index is 13.3. The maximum Gasteiger partial charge on any atom is 0.335 e. The normalized spacial score (nSPS) is 10.7. The number of carboxylic acid groups (broad SMARTS) is 1. The van der Waals surface area contributed by atoms with Crippen molar-refractivity contribution < 1.29 is 23.1 Å². The Morgan fingerprint density at radius 3 is 2.00 bits per heavy atom. The number of benzene rings is 2. The van der Waals surface area contributed by atoms with Crippen LogP contribution >= 0.6 is 0 Å². The third kappa shape index (κ3) is 2.39. The summed E-state index contributed by atoms with van der Waals surface area (Å²) in [6.45, 7) is 3.32. The van der Waals surface area contributed by atoms with Gasteiger partial charge in [-0.05, 0) is 54.3 Å². The van der Waals surface area contributed by atoms with E-state index in [1.165, 1.54) is 6.07 Å². The molecule has 2 aromatic rings. The molecule has 2 nitrogen and oxygen atoms in total. The highest BCUT2D eigenvalue weighted by atomic mass is 19.2. The van der Waals surface area contributed by atoms with Gasteiger partial charge in [-0.25, -0.2) is 18.0 Å². The molecule has 2 rings (SSSR count). The molecule has 20 heavy (non-hydrogen) atoms. The third-order valence-corrected chi connectivity index (χ3v) is 3.10. The number of hydrogen-bond donors (Lipinski definition) is 1. The van der Waals surface area contributed by atoms with Gasteiger partial charge in [-0.15, -0.1) is 0 Å². The van der Waals surface area contributed by atoms with Crippen LogP contribution in [0.1, 0.15) is 21.5 Å². The zero-order valence-corrected chi connectivity index (χ0v) is 10.8. The smallest absolute Gasteiger partial charge is 0.335 e. The molecule has 0 amide bonds. The molecular weight excluding hydrogens is 269 g/mol. The fourth-order valence-electron chi connectivity index (χ4n) is 2.10. The van der Waals surface area contributed by atoms with Crippen LogP contribution < -0.4 is 0 Å². The first-order valence-corrected chi connectivity index (χ1v) is 5.80. The Morgan fingerprint density at radius 2 is 1.50 bits per heavy atom. The summed E-state index contributed by atoms with van der Waals surface area (Å²) < 4.78 is 39.5. The minimum absolute atomic E-state index is 0.0377. The van der Waals surface area contributed by atoms with Gasteiger partial charge in [0.2, 0.25) is 0 Å². The first kappa shape index (κ1) is 14.1. The molecule has 0 unspecified atom stereocenters. The van der Waals surface area contributed by atoms with Crippen molar-refractivity contribution in [2.75, 3.05) is 0 Å². The standard InChI is InChI=1S/C15H11F3O2/c1-7-3-8(2)11(15(19)20)6-10(7)9-4-12(16)14(18)13(17)5-9/h3-6H,1-2H3,(H,19,20). The van der Waals surface area contributed by atoms with E-state index in [0.717, 1.165) is 12.1 Å². The van der Waals surface area contributed by atoms with Crippen LogP contribution in [0.3, 0.4) is 0 Å². The van der Waals surface area contributed by atoms with E-state index in [1.807, 2.05) is 0 Å². The predicted octanol–water partition coefficient (Wildman–Crippen LogP) is 4.09. The van der Waals surface area contributed by atoms with E-state index >= 15 is 0 Å². The fraction of sp³-hybridized carbons (Fsp3) is 0.133. The maximum absolute atomic E-state index is 13.3. The monoisotopic (exact) mass is 280 g/mol. The highest BCUT2D eigenvalue weighted by Crippen LogP contribution is 2.29. The van der Waals surface area contributed by atoms with E-state index in [0.29, 0.717) is 16.7 Å². The summed E-state index contributed by atoms with van der Waals surface area (Å²) in [4.78, 5) is 11.1. The van der Waals surface area contributed by atoms with Crippen LogP contribution in [0.15, 0.2) is 24.3 Å². The van der Waals surface area contributed by atoms with Crippen molar-refractivity contribution >= 4 is 5.97 Å². The van der Waals surface area contributed by atoms with Crippen LogP contribution in [0.25, 0.3) is 11.1 Å². The Kier molecular flexibility index (Phi) is 3.53. The van der Waals surface area contributed by atoms with Gasteiger partial charge in [0.25, 0.3) is 0 Å². The molecule has 0 atom stereocenters. The molecule has 0 aliphatic carbocycles. The molecule has 0 aliphatic heterocycles. The molecule has 0 saturated heterocycles. The quantitative estimate of drug-likeness (QED) is 0.841. The van der Waals surface area contributed by atoms with Gasteiger partial charge >= 0.3 is 5.97 Å². The largest absolute Gasteiger partial charge is 0.478 e. The second-order valence-corrected chi connectivity index (χ2v) is 4.54. The lowest BCUT2D eigenvalue weighted by Gasteiger charge is -2.11. The van der Waals surface area contributed by atoms with Crippen LogP contribution in [0.4, 0.5) is 13.2 Å². The topological polar surface area (TPSA) is 37.3 Å². The zero-order valence-electron chi connectivity index (χ0n) is 10.8. The zero-order chi connectivity index (χ0) is 15.0. The van der Waals surface area contributed by atoms with Gasteiger partial charge in [0.15, 0.2) is 17.5 Å². The Labute approximate surface area is 113 Å². The second-order valence-electron chi connectivity index (χ2n) is 4.54. The summed E-state index contributed by atoms with van der Waals surface area (Å²) >= 11 is 0. The van der Waals surface area contributed by atoms with Gasteiger partial charge in [-0.1, -0.05) is 6.07 Å². The summed E-state index contributed by atoms with van der Waals surface area (Å²) in [6.07, 6.45) is 0. The summed E-state index contributed by atoms with van der Waals surface area (Å²) in [5.74, 6) is -5.29. The molecule has 0 aliphatic rings. The summed E-state index contributed by atoms with van der Waals surface area (Å²) in [6, 6.07) is 4.64. The Morgan fingerprint density at radius 1 is 0.950 bits per heavy atom. The van der Waals surface area contributed by atoms with Gasteiger partial charge in [0.05, 0.1) is 5.56 Å². The number of hydrogen-bond acceptors (Lipinski definition) is 1. The fourth-order valence-corrected chi connectivity index (χ4v) is 2.10. The molecular formula is C15H11F3O2. The van der Waals surface area contributed by atoms with Crippen LogP contribution in [0, 0.1) is 31.3 Å². The lowest BCUT2D eigenvalue weighted by molar-refractivity contribution is 0.0696. The number of carbonyl (C=O) groups is 1. The average molecular weight is 280 g/mol. The van der Waals surface area contributed by atoms with E-state index < -0.39 is 23.4 Å². The predicted molar refractivity (Wildman–Crippen MR) is 68.2 cm³/mol. The van der Waals surface area contributed by atoms with E-state index in [-0.39, 0.29) is 11.1 Å². The van der Waals surface area contributed by atoms with Crippen molar-refractivity contribution in [1.29, 1.82) is 0 Å². The number of halogens is 3. The van der Waals surface area contributed by atoms with Crippen LogP contribution in [0.2, 0.25) is 0 Å². The van der Waals surface area contributed by atoms with E-state index in [9.17, 15) is 18.0 Å². The van der Waals surface area contributed by atoms with Crippen LogP contribution in [-0.2, 0) is 0 Å². The van der Waals surface area contributed by atoms with Crippen molar-refractivity contribution in [3.8, 4) is 11.1 Å². The van der Waals surface area contributed by atoms with Gasteiger partial charge in [-0.3, -0.25) is 0 Å². The second kappa shape index (κ2) is 5.00. The van der Waals surface area contributed by atoms with Crippen molar-refractivity contribution in [1.82, 2.24) is 0 Å². The van der Waals surface area contributed by atoms with Gasteiger partial charge in [0.1, 0.15) is 0 Å².